The molecule has 3 rings (SSSR count). The van der Waals surface area contributed by atoms with Gasteiger partial charge in [-0.25, -0.2) is 4.79 Å². The van der Waals surface area contributed by atoms with Gasteiger partial charge >= 0.3 is 5.97 Å². The number of ether oxygens (including phenoxy) is 1. The lowest BCUT2D eigenvalue weighted by Crippen LogP contribution is -2.01. The minimum absolute atomic E-state index is 0.130. The van der Waals surface area contributed by atoms with Crippen LogP contribution >= 0.6 is 0 Å². The molecular formula is C23H26O4. The van der Waals surface area contributed by atoms with Gasteiger partial charge in [0.1, 0.15) is 5.75 Å². The number of fused-ring (bicyclic) bond motifs is 3. The van der Waals surface area contributed by atoms with E-state index in [1.54, 1.807) is 12.1 Å². The molecule has 0 radical (unpaired) electrons. The summed E-state index contributed by atoms with van der Waals surface area (Å²) in [5.74, 6) is -0.468. The first-order valence-corrected chi connectivity index (χ1v) is 9.81. The Morgan fingerprint density at radius 2 is 1.48 bits per heavy atom. The SMILES string of the molecule is CCCCCCCCCOc1ccc2c(c1)C(=O)c1cc(C(=O)O)ccc1-2. The summed E-state index contributed by atoms with van der Waals surface area (Å²) in [4.78, 5) is 23.8. The maximum atomic E-state index is 12.7. The fourth-order valence-electron chi connectivity index (χ4n) is 3.53. The fourth-order valence-corrected chi connectivity index (χ4v) is 3.53. The number of carboxylic acids is 1. The third kappa shape index (κ3) is 4.38. The topological polar surface area (TPSA) is 63.6 Å². The van der Waals surface area contributed by atoms with Crippen LogP contribution < -0.4 is 4.74 Å². The standard InChI is InChI=1S/C23H26O4/c1-2-3-4-5-6-7-8-13-27-17-10-12-19-18-11-9-16(23(25)26)14-20(18)22(24)21(19)15-17/h9-12,14-15H,2-8,13H2,1H3,(H,25,26). The van der Waals surface area contributed by atoms with E-state index in [-0.39, 0.29) is 11.3 Å². The van der Waals surface area contributed by atoms with Crippen molar-refractivity contribution in [3.05, 3.63) is 53.1 Å². The summed E-state index contributed by atoms with van der Waals surface area (Å²) < 4.78 is 5.82. The molecule has 0 bridgehead atoms. The number of hydrogen-bond acceptors (Lipinski definition) is 3. The Balaban J connectivity index is 1.58. The van der Waals surface area contributed by atoms with Crippen LogP contribution in [0.5, 0.6) is 5.75 Å². The van der Waals surface area contributed by atoms with Crippen molar-refractivity contribution < 1.29 is 19.4 Å². The number of aromatic carboxylic acids is 1. The molecule has 0 saturated heterocycles. The van der Waals surface area contributed by atoms with Crippen LogP contribution in [0.2, 0.25) is 0 Å². The van der Waals surface area contributed by atoms with Gasteiger partial charge in [0.05, 0.1) is 12.2 Å². The van der Waals surface area contributed by atoms with Crippen molar-refractivity contribution in [2.45, 2.75) is 51.9 Å². The Labute approximate surface area is 160 Å². The van der Waals surface area contributed by atoms with E-state index in [1.165, 1.54) is 44.2 Å². The molecule has 1 N–H and O–H groups in total. The zero-order chi connectivity index (χ0) is 19.2. The monoisotopic (exact) mass is 366 g/mol. The van der Waals surface area contributed by atoms with Crippen LogP contribution in [-0.4, -0.2) is 23.5 Å². The van der Waals surface area contributed by atoms with Crippen LogP contribution in [0.4, 0.5) is 0 Å². The average molecular weight is 366 g/mol. The summed E-state index contributed by atoms with van der Waals surface area (Å²) in [6.07, 6.45) is 8.60. The molecule has 0 unspecified atom stereocenters. The third-order valence-electron chi connectivity index (χ3n) is 5.05. The van der Waals surface area contributed by atoms with Gasteiger partial charge < -0.3 is 9.84 Å². The van der Waals surface area contributed by atoms with E-state index >= 15 is 0 Å². The van der Waals surface area contributed by atoms with Gasteiger partial charge in [-0.3, -0.25) is 4.79 Å². The summed E-state index contributed by atoms with van der Waals surface area (Å²) in [6, 6.07) is 10.3. The first-order chi connectivity index (χ1) is 13.1. The highest BCUT2D eigenvalue weighted by atomic mass is 16.5. The maximum absolute atomic E-state index is 12.7. The highest BCUT2D eigenvalue weighted by Crippen LogP contribution is 2.38. The van der Waals surface area contributed by atoms with Gasteiger partial charge in [0.2, 0.25) is 0 Å². The zero-order valence-corrected chi connectivity index (χ0v) is 15.8. The van der Waals surface area contributed by atoms with Crippen molar-refractivity contribution in [2.75, 3.05) is 6.61 Å². The van der Waals surface area contributed by atoms with E-state index in [1.807, 2.05) is 12.1 Å². The quantitative estimate of drug-likeness (QED) is 0.466. The maximum Gasteiger partial charge on any atom is 0.335 e. The van der Waals surface area contributed by atoms with Crippen LogP contribution in [-0.2, 0) is 0 Å². The summed E-state index contributed by atoms with van der Waals surface area (Å²) in [7, 11) is 0. The predicted octanol–water partition coefficient (Wildman–Crippen LogP) is 5.73. The molecule has 0 fully saturated rings. The van der Waals surface area contributed by atoms with Crippen molar-refractivity contribution in [1.82, 2.24) is 0 Å². The molecular weight excluding hydrogens is 340 g/mol. The normalized spacial score (nSPS) is 12.0. The molecule has 0 atom stereocenters. The largest absolute Gasteiger partial charge is 0.494 e. The van der Waals surface area contributed by atoms with E-state index in [4.69, 9.17) is 9.84 Å². The number of rotatable bonds is 10. The average Bonchev–Trinajstić information content (AvgIpc) is 2.95. The Hall–Kier alpha value is -2.62. The molecule has 1 aliphatic rings. The van der Waals surface area contributed by atoms with Gasteiger partial charge in [-0.05, 0) is 47.9 Å². The van der Waals surface area contributed by atoms with E-state index in [9.17, 15) is 9.59 Å². The number of hydrogen-bond donors (Lipinski definition) is 1. The number of carboxylic acid groups (broad SMARTS) is 1. The summed E-state index contributed by atoms with van der Waals surface area (Å²) in [5, 5.41) is 9.13. The van der Waals surface area contributed by atoms with Crippen molar-refractivity contribution in [1.29, 1.82) is 0 Å². The summed E-state index contributed by atoms with van der Waals surface area (Å²) in [5.41, 5.74) is 2.80. The highest BCUT2D eigenvalue weighted by Gasteiger charge is 2.28. The molecule has 0 amide bonds. The molecule has 2 aromatic carbocycles. The molecule has 0 saturated carbocycles. The molecule has 2 aromatic rings. The molecule has 142 valence electrons. The number of benzene rings is 2. The van der Waals surface area contributed by atoms with Crippen LogP contribution in [0.1, 0.15) is 78.1 Å². The van der Waals surface area contributed by atoms with Crippen molar-refractivity contribution in [3.63, 3.8) is 0 Å². The Morgan fingerprint density at radius 1 is 0.852 bits per heavy atom. The smallest absolute Gasteiger partial charge is 0.335 e. The minimum atomic E-state index is -1.03. The first kappa shape index (κ1) is 19.2. The predicted molar refractivity (Wildman–Crippen MR) is 106 cm³/mol. The van der Waals surface area contributed by atoms with E-state index in [0.29, 0.717) is 23.5 Å². The Morgan fingerprint density at radius 3 is 2.19 bits per heavy atom. The number of ketones is 1. The molecule has 0 aromatic heterocycles. The van der Waals surface area contributed by atoms with Gasteiger partial charge in [0.15, 0.2) is 5.78 Å². The van der Waals surface area contributed by atoms with Gasteiger partial charge in [-0.1, -0.05) is 51.5 Å². The van der Waals surface area contributed by atoms with E-state index in [0.717, 1.165) is 24.0 Å². The van der Waals surface area contributed by atoms with Crippen LogP contribution in [0.3, 0.4) is 0 Å². The first-order valence-electron chi connectivity index (χ1n) is 9.81. The molecule has 1 aliphatic carbocycles. The Bertz CT molecular complexity index is 838. The molecule has 27 heavy (non-hydrogen) atoms. The van der Waals surface area contributed by atoms with Crippen LogP contribution in [0.15, 0.2) is 36.4 Å². The molecule has 0 aliphatic heterocycles. The lowest BCUT2D eigenvalue weighted by atomic mass is 10.0. The summed E-state index contributed by atoms with van der Waals surface area (Å²) in [6.45, 7) is 2.87. The molecule has 0 spiro atoms. The third-order valence-corrected chi connectivity index (χ3v) is 5.05. The van der Waals surface area contributed by atoms with Gasteiger partial charge in [0, 0.05) is 11.1 Å². The van der Waals surface area contributed by atoms with Gasteiger partial charge in [-0.15, -0.1) is 0 Å². The minimum Gasteiger partial charge on any atom is -0.494 e. The molecule has 0 heterocycles. The molecule has 4 heteroatoms. The van der Waals surface area contributed by atoms with Crippen molar-refractivity contribution in [3.8, 4) is 16.9 Å². The second-order valence-corrected chi connectivity index (χ2v) is 7.07. The zero-order valence-electron chi connectivity index (χ0n) is 15.8. The number of carbonyl (C=O) groups is 2. The van der Waals surface area contributed by atoms with Gasteiger partial charge in [-0.2, -0.15) is 0 Å². The van der Waals surface area contributed by atoms with Crippen LogP contribution in [0.25, 0.3) is 11.1 Å². The number of unbranched alkanes of at least 4 members (excludes halogenated alkanes) is 6. The van der Waals surface area contributed by atoms with Crippen molar-refractivity contribution in [2.24, 2.45) is 0 Å². The molecule has 4 nitrogen and oxygen atoms in total. The van der Waals surface area contributed by atoms with Crippen molar-refractivity contribution >= 4 is 11.8 Å². The fraction of sp³-hybridized carbons (Fsp3) is 0.391. The lowest BCUT2D eigenvalue weighted by molar-refractivity contribution is 0.0697. The van der Waals surface area contributed by atoms with Gasteiger partial charge in [0.25, 0.3) is 0 Å². The van der Waals surface area contributed by atoms with E-state index in [2.05, 4.69) is 6.92 Å². The van der Waals surface area contributed by atoms with Crippen LogP contribution in [0, 0.1) is 0 Å². The second kappa shape index (κ2) is 8.85. The lowest BCUT2D eigenvalue weighted by Gasteiger charge is -2.08. The Kier molecular flexibility index (Phi) is 6.28. The summed E-state index contributed by atoms with van der Waals surface area (Å²) >= 11 is 0. The van der Waals surface area contributed by atoms with E-state index < -0.39 is 5.97 Å². The number of carbonyl (C=O) groups excluding carboxylic acids is 1. The second-order valence-electron chi connectivity index (χ2n) is 7.07. The highest BCUT2D eigenvalue weighted by molar-refractivity contribution is 6.22.